The molecule has 5 nitrogen and oxygen atoms in total. The van der Waals surface area contributed by atoms with Gasteiger partial charge in [-0.1, -0.05) is 20.8 Å². The molecule has 0 aliphatic carbocycles. The Morgan fingerprint density at radius 3 is 2.30 bits per heavy atom. The number of likely N-dealkylation sites (tertiary alicyclic amines) is 1. The summed E-state index contributed by atoms with van der Waals surface area (Å²) in [5, 5.41) is 0. The number of rotatable bonds is 4. The summed E-state index contributed by atoms with van der Waals surface area (Å²) in [6.45, 7) is 16.7. The van der Waals surface area contributed by atoms with E-state index in [1.165, 1.54) is 12.8 Å². The minimum absolute atomic E-state index is 0.0665. The maximum absolute atomic E-state index is 12.3. The molecule has 3 atom stereocenters. The summed E-state index contributed by atoms with van der Waals surface area (Å²) in [5.41, 5.74) is -0.0193. The fraction of sp³-hybridized carbons (Fsp3) is 0.955. The standard InChI is InChI=1S/C22H40N2O3/c1-20(2,3)18(27-21(4,5)6)22-11-9-15-24(22)17(10-12-22)16-26-19(25)23-13-7-8-14-23/h17-18H,7-16H2,1-6H3/t17-,18?,22-/m1/s1. The zero-order valence-electron chi connectivity index (χ0n) is 18.3. The van der Waals surface area contributed by atoms with Gasteiger partial charge in [-0.15, -0.1) is 0 Å². The maximum atomic E-state index is 12.3. The van der Waals surface area contributed by atoms with Gasteiger partial charge in [-0.25, -0.2) is 4.79 Å². The van der Waals surface area contributed by atoms with Crippen LogP contribution in [0, 0.1) is 5.41 Å². The average molecular weight is 381 g/mol. The van der Waals surface area contributed by atoms with Gasteiger partial charge in [0.25, 0.3) is 0 Å². The maximum Gasteiger partial charge on any atom is 0.409 e. The Labute approximate surface area is 165 Å². The van der Waals surface area contributed by atoms with Crippen LogP contribution in [-0.4, -0.2) is 65.4 Å². The van der Waals surface area contributed by atoms with Gasteiger partial charge >= 0.3 is 6.09 Å². The molecule has 0 radical (unpaired) electrons. The van der Waals surface area contributed by atoms with E-state index >= 15 is 0 Å². The lowest BCUT2D eigenvalue weighted by Crippen LogP contribution is -2.59. The first-order valence-corrected chi connectivity index (χ1v) is 10.9. The van der Waals surface area contributed by atoms with Crippen molar-refractivity contribution in [2.45, 2.75) is 103 Å². The summed E-state index contributed by atoms with van der Waals surface area (Å²) in [4.78, 5) is 16.8. The lowest BCUT2D eigenvalue weighted by atomic mass is 9.73. The normalized spacial score (nSPS) is 30.6. The monoisotopic (exact) mass is 380 g/mol. The van der Waals surface area contributed by atoms with Crippen LogP contribution >= 0.6 is 0 Å². The second-order valence-corrected chi connectivity index (χ2v) is 10.8. The van der Waals surface area contributed by atoms with Crippen LogP contribution in [0.1, 0.15) is 80.1 Å². The molecule has 27 heavy (non-hydrogen) atoms. The Balaban J connectivity index is 1.70. The number of ether oxygens (including phenoxy) is 2. The summed E-state index contributed by atoms with van der Waals surface area (Å²) in [7, 11) is 0. The van der Waals surface area contributed by atoms with Crippen molar-refractivity contribution in [1.82, 2.24) is 9.80 Å². The van der Waals surface area contributed by atoms with Crippen LogP contribution in [0.2, 0.25) is 0 Å². The fourth-order valence-electron chi connectivity index (χ4n) is 5.50. The highest BCUT2D eigenvalue weighted by molar-refractivity contribution is 5.67. The Hall–Kier alpha value is -0.810. The largest absolute Gasteiger partial charge is 0.448 e. The molecule has 3 saturated heterocycles. The molecular formula is C22H40N2O3. The van der Waals surface area contributed by atoms with Crippen molar-refractivity contribution >= 4 is 6.09 Å². The van der Waals surface area contributed by atoms with Crippen LogP contribution in [0.15, 0.2) is 0 Å². The third-order valence-electron chi connectivity index (χ3n) is 6.44. The first-order valence-electron chi connectivity index (χ1n) is 10.9. The van der Waals surface area contributed by atoms with E-state index in [2.05, 4.69) is 46.4 Å². The van der Waals surface area contributed by atoms with Gasteiger partial charge in [0.2, 0.25) is 0 Å². The van der Waals surface area contributed by atoms with Gasteiger partial charge in [-0.3, -0.25) is 4.90 Å². The highest BCUT2D eigenvalue weighted by atomic mass is 16.6. The van der Waals surface area contributed by atoms with E-state index in [0.717, 1.165) is 45.3 Å². The smallest absolute Gasteiger partial charge is 0.409 e. The van der Waals surface area contributed by atoms with E-state index in [1.807, 2.05) is 4.90 Å². The van der Waals surface area contributed by atoms with Crippen molar-refractivity contribution < 1.29 is 14.3 Å². The summed E-state index contributed by atoms with van der Waals surface area (Å²) in [5.74, 6) is 0. The molecule has 156 valence electrons. The van der Waals surface area contributed by atoms with E-state index in [-0.39, 0.29) is 28.8 Å². The Bertz CT molecular complexity index is 531. The topological polar surface area (TPSA) is 42.0 Å². The number of amides is 1. The quantitative estimate of drug-likeness (QED) is 0.723. The van der Waals surface area contributed by atoms with Gasteiger partial charge in [-0.05, 0) is 71.3 Å². The van der Waals surface area contributed by atoms with Crippen LogP contribution in [0.3, 0.4) is 0 Å². The first-order chi connectivity index (χ1) is 12.5. The molecule has 3 fully saturated rings. The zero-order valence-corrected chi connectivity index (χ0v) is 18.3. The van der Waals surface area contributed by atoms with Crippen LogP contribution in [0.5, 0.6) is 0 Å². The minimum atomic E-state index is -0.165. The molecule has 0 aromatic carbocycles. The number of hydrogen-bond acceptors (Lipinski definition) is 4. The van der Waals surface area contributed by atoms with E-state index in [0.29, 0.717) is 12.6 Å². The SMILES string of the molecule is CC(C)(C)OC(C(C)(C)C)[C@]12CCCN1[C@@H](COC(=O)N1CCCC1)CC2. The van der Waals surface area contributed by atoms with Gasteiger partial charge in [0.15, 0.2) is 0 Å². The molecular weight excluding hydrogens is 340 g/mol. The van der Waals surface area contributed by atoms with Crippen molar-refractivity contribution in [1.29, 1.82) is 0 Å². The predicted molar refractivity (Wildman–Crippen MR) is 108 cm³/mol. The van der Waals surface area contributed by atoms with Gasteiger partial charge in [0.05, 0.1) is 11.7 Å². The lowest BCUT2D eigenvalue weighted by Gasteiger charge is -2.49. The molecule has 0 spiro atoms. The van der Waals surface area contributed by atoms with Gasteiger partial charge < -0.3 is 14.4 Å². The molecule has 0 aromatic heterocycles. The highest BCUT2D eigenvalue weighted by Gasteiger charge is 2.57. The molecule has 1 amide bonds. The van der Waals surface area contributed by atoms with Crippen LogP contribution in [0.4, 0.5) is 4.79 Å². The molecule has 3 rings (SSSR count). The van der Waals surface area contributed by atoms with E-state index in [4.69, 9.17) is 9.47 Å². The number of fused-ring (bicyclic) bond motifs is 1. The molecule has 3 aliphatic rings. The average Bonchev–Trinajstić information content (AvgIpc) is 3.25. The Morgan fingerprint density at radius 1 is 1.04 bits per heavy atom. The number of carbonyl (C=O) groups is 1. The first kappa shape index (κ1) is 20.9. The van der Waals surface area contributed by atoms with Crippen molar-refractivity contribution in [3.05, 3.63) is 0 Å². The second-order valence-electron chi connectivity index (χ2n) is 10.8. The zero-order chi connectivity index (χ0) is 19.9. The Morgan fingerprint density at radius 2 is 1.70 bits per heavy atom. The number of carbonyl (C=O) groups excluding carboxylic acids is 1. The predicted octanol–water partition coefficient (Wildman–Crippen LogP) is 4.45. The van der Waals surface area contributed by atoms with Crippen molar-refractivity contribution in [2.75, 3.05) is 26.2 Å². The number of nitrogens with zero attached hydrogens (tertiary/aromatic N) is 2. The second kappa shape index (κ2) is 7.55. The molecule has 0 N–H and O–H groups in total. The molecule has 0 aromatic rings. The summed E-state index contributed by atoms with van der Waals surface area (Å²) >= 11 is 0. The van der Waals surface area contributed by atoms with Crippen molar-refractivity contribution in [3.63, 3.8) is 0 Å². The van der Waals surface area contributed by atoms with Gasteiger partial charge in [0.1, 0.15) is 6.61 Å². The van der Waals surface area contributed by atoms with E-state index < -0.39 is 0 Å². The summed E-state index contributed by atoms with van der Waals surface area (Å²) in [6.07, 6.45) is 6.87. The molecule has 0 bridgehead atoms. The Kier molecular flexibility index (Phi) is 5.85. The lowest BCUT2D eigenvalue weighted by molar-refractivity contribution is -0.162. The summed E-state index contributed by atoms with van der Waals surface area (Å²) < 4.78 is 12.4. The van der Waals surface area contributed by atoms with Crippen LogP contribution in [0.25, 0.3) is 0 Å². The van der Waals surface area contributed by atoms with Crippen molar-refractivity contribution in [2.24, 2.45) is 5.41 Å². The summed E-state index contributed by atoms with van der Waals surface area (Å²) in [6, 6.07) is 0.326. The fourth-order valence-corrected chi connectivity index (χ4v) is 5.50. The number of hydrogen-bond donors (Lipinski definition) is 0. The molecule has 1 unspecified atom stereocenters. The molecule has 0 saturated carbocycles. The van der Waals surface area contributed by atoms with Crippen LogP contribution in [-0.2, 0) is 9.47 Å². The third-order valence-corrected chi connectivity index (χ3v) is 6.44. The van der Waals surface area contributed by atoms with Crippen LogP contribution < -0.4 is 0 Å². The molecule has 3 aliphatic heterocycles. The van der Waals surface area contributed by atoms with E-state index in [1.54, 1.807) is 0 Å². The molecule has 5 heteroatoms. The minimum Gasteiger partial charge on any atom is -0.448 e. The van der Waals surface area contributed by atoms with Gasteiger partial charge in [0, 0.05) is 24.7 Å². The van der Waals surface area contributed by atoms with Crippen molar-refractivity contribution in [3.8, 4) is 0 Å². The van der Waals surface area contributed by atoms with E-state index in [9.17, 15) is 4.79 Å². The van der Waals surface area contributed by atoms with Gasteiger partial charge in [-0.2, -0.15) is 0 Å². The molecule has 3 heterocycles. The highest BCUT2D eigenvalue weighted by Crippen LogP contribution is 2.50. The third kappa shape index (κ3) is 4.45.